The molecule has 0 fully saturated rings. The van der Waals surface area contributed by atoms with E-state index in [0.29, 0.717) is 19.6 Å². The Morgan fingerprint density at radius 3 is 2.81 bits per heavy atom. The monoisotopic (exact) mass is 284 g/mol. The first kappa shape index (κ1) is 14.9. The third kappa shape index (κ3) is 5.15. The number of nitrogens with one attached hydrogen (secondary N) is 1. The van der Waals surface area contributed by atoms with Crippen molar-refractivity contribution in [3.63, 3.8) is 0 Å². The van der Waals surface area contributed by atoms with E-state index in [4.69, 9.17) is 10.00 Å². The van der Waals surface area contributed by atoms with Gasteiger partial charge in [-0.15, -0.1) is 0 Å². The summed E-state index contributed by atoms with van der Waals surface area (Å²) in [5.41, 5.74) is 1.80. The van der Waals surface area contributed by atoms with Crippen molar-refractivity contribution in [2.75, 3.05) is 11.9 Å². The molecule has 21 heavy (non-hydrogen) atoms. The number of hydrogen-bond donors (Lipinski definition) is 1. The third-order valence-corrected chi connectivity index (χ3v) is 2.92. The van der Waals surface area contributed by atoms with Gasteiger partial charge in [0.1, 0.15) is 11.6 Å². The molecule has 0 bridgehead atoms. The predicted octanol–water partition coefficient (Wildman–Crippen LogP) is 4.12. The standard InChI is InChI=1S/C17H17FN2O/c18-15-6-3-5-14(11-15)13-20-16-7-4-8-17(12-16)21-10-2-1-9-19/h3-8,11-12,20H,1-2,10,13H2. The van der Waals surface area contributed by atoms with Crippen LogP contribution in [0.3, 0.4) is 0 Å². The van der Waals surface area contributed by atoms with Crippen LogP contribution in [-0.2, 0) is 6.54 Å². The number of unbranched alkanes of at least 4 members (excludes halogenated alkanes) is 1. The molecule has 0 amide bonds. The van der Waals surface area contributed by atoms with Gasteiger partial charge in [-0.3, -0.25) is 0 Å². The minimum Gasteiger partial charge on any atom is -0.493 e. The van der Waals surface area contributed by atoms with Crippen LogP contribution in [-0.4, -0.2) is 6.61 Å². The van der Waals surface area contributed by atoms with Crippen molar-refractivity contribution in [2.45, 2.75) is 19.4 Å². The lowest BCUT2D eigenvalue weighted by atomic mass is 10.2. The summed E-state index contributed by atoms with van der Waals surface area (Å²) in [5.74, 6) is 0.529. The molecule has 2 rings (SSSR count). The van der Waals surface area contributed by atoms with Crippen LogP contribution < -0.4 is 10.1 Å². The first-order valence-corrected chi connectivity index (χ1v) is 6.86. The summed E-state index contributed by atoms with van der Waals surface area (Å²) in [7, 11) is 0. The maximum atomic E-state index is 13.1. The van der Waals surface area contributed by atoms with E-state index in [0.717, 1.165) is 23.4 Å². The number of nitriles is 1. The molecular weight excluding hydrogens is 267 g/mol. The molecule has 1 N–H and O–H groups in total. The second-order valence-electron chi connectivity index (χ2n) is 4.62. The van der Waals surface area contributed by atoms with Gasteiger partial charge in [0.2, 0.25) is 0 Å². The van der Waals surface area contributed by atoms with Crippen LogP contribution >= 0.6 is 0 Å². The lowest BCUT2D eigenvalue weighted by Gasteiger charge is -2.09. The van der Waals surface area contributed by atoms with E-state index in [-0.39, 0.29) is 5.82 Å². The van der Waals surface area contributed by atoms with Gasteiger partial charge in [-0.2, -0.15) is 5.26 Å². The Morgan fingerprint density at radius 2 is 2.00 bits per heavy atom. The fraction of sp³-hybridized carbons (Fsp3) is 0.235. The highest BCUT2D eigenvalue weighted by Gasteiger charge is 1.99. The average Bonchev–Trinajstić information content (AvgIpc) is 2.50. The van der Waals surface area contributed by atoms with Crippen molar-refractivity contribution in [1.82, 2.24) is 0 Å². The zero-order valence-electron chi connectivity index (χ0n) is 11.7. The van der Waals surface area contributed by atoms with Gasteiger partial charge in [-0.05, 0) is 36.2 Å². The molecule has 3 nitrogen and oxygen atoms in total. The summed E-state index contributed by atoms with van der Waals surface area (Å²) in [6.45, 7) is 1.08. The second kappa shape index (κ2) is 7.91. The predicted molar refractivity (Wildman–Crippen MR) is 80.5 cm³/mol. The molecule has 0 atom stereocenters. The van der Waals surface area contributed by atoms with Crippen LogP contribution in [0.25, 0.3) is 0 Å². The Hall–Kier alpha value is -2.54. The minimum atomic E-state index is -0.233. The van der Waals surface area contributed by atoms with Gasteiger partial charge in [-0.25, -0.2) is 4.39 Å². The Bertz CT molecular complexity index is 622. The fourth-order valence-corrected chi connectivity index (χ4v) is 1.89. The van der Waals surface area contributed by atoms with Gasteiger partial charge in [0.15, 0.2) is 0 Å². The topological polar surface area (TPSA) is 45.0 Å². The molecule has 108 valence electrons. The summed E-state index contributed by atoms with van der Waals surface area (Å²) in [4.78, 5) is 0. The van der Waals surface area contributed by atoms with Crippen LogP contribution in [0.5, 0.6) is 5.75 Å². The maximum absolute atomic E-state index is 13.1. The number of hydrogen-bond acceptors (Lipinski definition) is 3. The molecule has 0 radical (unpaired) electrons. The summed E-state index contributed by atoms with van der Waals surface area (Å²) >= 11 is 0. The minimum absolute atomic E-state index is 0.233. The van der Waals surface area contributed by atoms with E-state index < -0.39 is 0 Å². The first-order chi connectivity index (χ1) is 10.3. The van der Waals surface area contributed by atoms with E-state index in [1.807, 2.05) is 30.3 Å². The van der Waals surface area contributed by atoms with Crippen LogP contribution in [0, 0.1) is 17.1 Å². The van der Waals surface area contributed by atoms with Gasteiger partial charge in [-0.1, -0.05) is 18.2 Å². The highest BCUT2D eigenvalue weighted by Crippen LogP contribution is 2.18. The number of ether oxygens (including phenoxy) is 1. The zero-order valence-corrected chi connectivity index (χ0v) is 11.7. The van der Waals surface area contributed by atoms with Gasteiger partial charge in [0.05, 0.1) is 12.7 Å². The SMILES string of the molecule is N#CCCCOc1cccc(NCc2cccc(F)c2)c1. The lowest BCUT2D eigenvalue weighted by Crippen LogP contribution is -2.01. The van der Waals surface area contributed by atoms with Crippen molar-refractivity contribution in [1.29, 1.82) is 5.26 Å². The fourth-order valence-electron chi connectivity index (χ4n) is 1.89. The normalized spacial score (nSPS) is 9.90. The van der Waals surface area contributed by atoms with E-state index >= 15 is 0 Å². The van der Waals surface area contributed by atoms with E-state index in [1.165, 1.54) is 12.1 Å². The highest BCUT2D eigenvalue weighted by atomic mass is 19.1. The molecule has 0 spiro atoms. The van der Waals surface area contributed by atoms with Crippen LogP contribution in [0.15, 0.2) is 48.5 Å². The molecule has 0 aliphatic carbocycles. The Kier molecular flexibility index (Phi) is 5.60. The highest BCUT2D eigenvalue weighted by molar-refractivity contribution is 5.48. The van der Waals surface area contributed by atoms with Crippen LogP contribution in [0.4, 0.5) is 10.1 Å². The summed E-state index contributed by atoms with van der Waals surface area (Å²) in [6.07, 6.45) is 1.22. The number of halogens is 1. The maximum Gasteiger partial charge on any atom is 0.123 e. The van der Waals surface area contributed by atoms with E-state index in [1.54, 1.807) is 6.07 Å². The molecule has 0 aliphatic heterocycles. The zero-order chi connectivity index (χ0) is 14.9. The smallest absolute Gasteiger partial charge is 0.123 e. The molecule has 0 heterocycles. The average molecular weight is 284 g/mol. The number of rotatable bonds is 7. The second-order valence-corrected chi connectivity index (χ2v) is 4.62. The third-order valence-electron chi connectivity index (χ3n) is 2.92. The van der Waals surface area contributed by atoms with E-state index in [2.05, 4.69) is 11.4 Å². The molecule has 0 aromatic heterocycles. The van der Waals surface area contributed by atoms with Crippen molar-refractivity contribution in [2.24, 2.45) is 0 Å². The summed E-state index contributed by atoms with van der Waals surface area (Å²) in [5, 5.41) is 11.7. The largest absolute Gasteiger partial charge is 0.493 e. The molecule has 0 aliphatic rings. The quantitative estimate of drug-likeness (QED) is 0.778. The summed E-state index contributed by atoms with van der Waals surface area (Å²) < 4.78 is 18.7. The Balaban J connectivity index is 1.87. The molecule has 0 saturated heterocycles. The lowest BCUT2D eigenvalue weighted by molar-refractivity contribution is 0.313. The van der Waals surface area contributed by atoms with Crippen molar-refractivity contribution >= 4 is 5.69 Å². The first-order valence-electron chi connectivity index (χ1n) is 6.86. The van der Waals surface area contributed by atoms with E-state index in [9.17, 15) is 4.39 Å². The Morgan fingerprint density at radius 1 is 1.14 bits per heavy atom. The molecule has 0 saturated carbocycles. The van der Waals surface area contributed by atoms with Gasteiger partial charge in [0, 0.05) is 24.7 Å². The molecule has 0 unspecified atom stereocenters. The van der Waals surface area contributed by atoms with Crippen LogP contribution in [0.1, 0.15) is 18.4 Å². The van der Waals surface area contributed by atoms with Crippen LogP contribution in [0.2, 0.25) is 0 Å². The molecule has 2 aromatic carbocycles. The van der Waals surface area contributed by atoms with Crippen molar-refractivity contribution in [3.8, 4) is 11.8 Å². The van der Waals surface area contributed by atoms with Gasteiger partial charge >= 0.3 is 0 Å². The van der Waals surface area contributed by atoms with Crippen molar-refractivity contribution in [3.05, 3.63) is 59.9 Å². The molecule has 4 heteroatoms. The molecule has 2 aromatic rings. The number of nitrogens with zero attached hydrogens (tertiary/aromatic N) is 1. The van der Waals surface area contributed by atoms with Gasteiger partial charge < -0.3 is 10.1 Å². The van der Waals surface area contributed by atoms with Gasteiger partial charge in [0.25, 0.3) is 0 Å². The molecular formula is C17H17FN2O. The Labute approximate surface area is 124 Å². The number of benzene rings is 2. The summed E-state index contributed by atoms with van der Waals surface area (Å²) in [6, 6.07) is 16.2. The van der Waals surface area contributed by atoms with Crippen molar-refractivity contribution < 1.29 is 9.13 Å². The number of anilines is 1.